The van der Waals surface area contributed by atoms with Crippen molar-refractivity contribution in [3.05, 3.63) is 114 Å². The Morgan fingerprint density at radius 1 is 0.725 bits per heavy atom. The number of hydrogen-bond acceptors (Lipinski definition) is 4. The second-order valence-electron chi connectivity index (χ2n) is 9.03. The van der Waals surface area contributed by atoms with Crippen LogP contribution in [0, 0.1) is 11.6 Å². The van der Waals surface area contributed by atoms with E-state index in [4.69, 9.17) is 9.47 Å². The highest BCUT2D eigenvalue weighted by Crippen LogP contribution is 2.38. The molecule has 0 aliphatic heterocycles. The first kappa shape index (κ1) is 29.5. The molecule has 0 aliphatic rings. The van der Waals surface area contributed by atoms with Crippen molar-refractivity contribution in [2.75, 3.05) is 6.61 Å². The molecule has 208 valence electrons. The Hall–Kier alpha value is -3.50. The number of benzene rings is 4. The third kappa shape index (κ3) is 8.02. The third-order valence-corrected chi connectivity index (χ3v) is 8.64. The number of esters is 1. The Labute approximate surface area is 235 Å². The number of ether oxygens (including phenoxy) is 2. The minimum atomic E-state index is -4.39. The second-order valence-corrected chi connectivity index (χ2v) is 12.2. The van der Waals surface area contributed by atoms with Gasteiger partial charge in [-0.25, -0.2) is 13.6 Å². The van der Waals surface area contributed by atoms with Gasteiger partial charge in [0.05, 0.1) is 10.9 Å². The predicted octanol–water partition coefficient (Wildman–Crippen LogP) is 8.53. The number of rotatable bonds is 9. The van der Waals surface area contributed by atoms with Crippen LogP contribution in [0.4, 0.5) is 22.0 Å². The monoisotopic (exact) mass is 591 g/mol. The number of carbonyl (C=O) groups excluding carboxylic acids is 1. The number of halogens is 5. The zero-order valence-electron chi connectivity index (χ0n) is 21.4. The van der Waals surface area contributed by atoms with Gasteiger partial charge in [0.15, 0.2) is 21.3 Å². The first-order chi connectivity index (χ1) is 18.9. The van der Waals surface area contributed by atoms with Gasteiger partial charge in [-0.15, -0.1) is 0 Å². The lowest BCUT2D eigenvalue weighted by Crippen LogP contribution is -2.28. The Bertz CT molecular complexity index is 1380. The van der Waals surface area contributed by atoms with Gasteiger partial charge < -0.3 is 9.47 Å². The molecule has 4 aromatic carbocycles. The molecule has 40 heavy (non-hydrogen) atoms. The minimum Gasteiger partial charge on any atom is -0.482 e. The van der Waals surface area contributed by atoms with E-state index in [-0.39, 0.29) is 34.9 Å². The molecule has 0 unspecified atom stereocenters. The van der Waals surface area contributed by atoms with Gasteiger partial charge in [0.1, 0.15) is 23.0 Å². The van der Waals surface area contributed by atoms with Crippen molar-refractivity contribution in [1.82, 2.24) is 0 Å². The summed E-state index contributed by atoms with van der Waals surface area (Å²) in [6, 6.07) is 24.9. The molecule has 0 radical (unpaired) electrons. The summed E-state index contributed by atoms with van der Waals surface area (Å²) in [5.74, 6) is -0.959. The summed E-state index contributed by atoms with van der Waals surface area (Å²) < 4.78 is 75.9. The predicted molar refractivity (Wildman–Crippen MR) is 144 cm³/mol. The normalized spacial score (nSPS) is 11.9. The molecule has 0 heterocycles. The van der Waals surface area contributed by atoms with E-state index < -0.39 is 28.0 Å². The lowest BCUT2D eigenvalue weighted by atomic mass is 9.98. The topological polar surface area (TPSA) is 35.5 Å². The van der Waals surface area contributed by atoms with E-state index in [1.165, 1.54) is 48.5 Å². The highest BCUT2D eigenvalue weighted by molar-refractivity contribution is 8.00. The standard InChI is InChI=1S/C30H24F5O3S2/c1-29(2,20-3-11-24(12-4-20)39-30(33,34)35)38-28(36)19-37-23-9-17-27(18-10-23)40(25-13-5-21(31)6-14-25)26-15-7-22(32)8-16-26/h3-18H,19H2,1-2H3/q+1. The van der Waals surface area contributed by atoms with E-state index >= 15 is 0 Å². The van der Waals surface area contributed by atoms with Crippen LogP contribution in [-0.4, -0.2) is 18.1 Å². The molecule has 0 saturated heterocycles. The van der Waals surface area contributed by atoms with Crippen LogP contribution in [0.25, 0.3) is 0 Å². The van der Waals surface area contributed by atoms with Crippen LogP contribution < -0.4 is 4.74 Å². The molecule has 4 rings (SSSR count). The number of alkyl halides is 3. The van der Waals surface area contributed by atoms with Gasteiger partial charge in [-0.3, -0.25) is 0 Å². The Morgan fingerprint density at radius 2 is 1.18 bits per heavy atom. The quantitative estimate of drug-likeness (QED) is 0.0846. The van der Waals surface area contributed by atoms with Crippen molar-refractivity contribution >= 4 is 28.6 Å². The van der Waals surface area contributed by atoms with E-state index in [0.29, 0.717) is 11.3 Å². The van der Waals surface area contributed by atoms with Crippen LogP contribution in [-0.2, 0) is 26.0 Å². The van der Waals surface area contributed by atoms with Gasteiger partial charge in [0.25, 0.3) is 0 Å². The van der Waals surface area contributed by atoms with Gasteiger partial charge in [-0.05, 0) is 116 Å². The van der Waals surface area contributed by atoms with Crippen molar-refractivity contribution in [2.24, 2.45) is 0 Å². The summed E-state index contributed by atoms with van der Waals surface area (Å²) in [4.78, 5) is 15.1. The van der Waals surface area contributed by atoms with Crippen LogP contribution in [0.5, 0.6) is 5.75 Å². The Morgan fingerprint density at radius 3 is 1.62 bits per heavy atom. The first-order valence-corrected chi connectivity index (χ1v) is 14.0. The van der Waals surface area contributed by atoms with E-state index in [0.717, 1.165) is 14.7 Å². The summed E-state index contributed by atoms with van der Waals surface area (Å²) in [6.07, 6.45) is 0. The number of thioether (sulfide) groups is 1. The smallest absolute Gasteiger partial charge is 0.446 e. The molecule has 0 bridgehead atoms. The van der Waals surface area contributed by atoms with E-state index in [2.05, 4.69) is 0 Å². The zero-order valence-corrected chi connectivity index (χ0v) is 23.0. The molecule has 0 atom stereocenters. The zero-order chi connectivity index (χ0) is 28.9. The fraction of sp³-hybridized carbons (Fsp3) is 0.167. The average molecular weight is 592 g/mol. The molecule has 0 amide bonds. The Balaban J connectivity index is 1.41. The van der Waals surface area contributed by atoms with Gasteiger partial charge in [0.2, 0.25) is 0 Å². The average Bonchev–Trinajstić information content (AvgIpc) is 2.90. The van der Waals surface area contributed by atoms with E-state index in [9.17, 15) is 26.7 Å². The molecule has 3 nitrogen and oxygen atoms in total. The van der Waals surface area contributed by atoms with Gasteiger partial charge in [0, 0.05) is 4.90 Å². The summed E-state index contributed by atoms with van der Waals surface area (Å²) in [5.41, 5.74) is -4.95. The molecule has 0 spiro atoms. The summed E-state index contributed by atoms with van der Waals surface area (Å²) in [6.45, 7) is 2.89. The molecule has 4 aromatic rings. The number of carbonyl (C=O) groups is 1. The highest BCUT2D eigenvalue weighted by atomic mass is 32.2. The molecule has 0 N–H and O–H groups in total. The maximum absolute atomic E-state index is 13.5. The summed E-state index contributed by atoms with van der Waals surface area (Å²) in [5, 5.41) is 0. The minimum absolute atomic E-state index is 0.0341. The molecule has 0 aromatic heterocycles. The van der Waals surface area contributed by atoms with Crippen molar-refractivity contribution in [3.8, 4) is 5.75 Å². The molecule has 0 saturated carbocycles. The van der Waals surface area contributed by atoms with Gasteiger partial charge in [-0.2, -0.15) is 13.2 Å². The molecule has 0 fully saturated rings. The van der Waals surface area contributed by atoms with Crippen molar-refractivity contribution in [3.63, 3.8) is 0 Å². The molecular formula is C30H24F5O3S2+. The second kappa shape index (κ2) is 12.3. The summed E-state index contributed by atoms with van der Waals surface area (Å²) >= 11 is -0.217. The van der Waals surface area contributed by atoms with E-state index in [1.807, 2.05) is 12.1 Å². The van der Waals surface area contributed by atoms with Crippen LogP contribution in [0.15, 0.2) is 117 Å². The fourth-order valence-electron chi connectivity index (χ4n) is 3.79. The summed E-state index contributed by atoms with van der Waals surface area (Å²) in [7, 11) is -0.639. The maximum Gasteiger partial charge on any atom is 0.446 e. The molecule has 0 aliphatic carbocycles. The first-order valence-electron chi connectivity index (χ1n) is 12.0. The Kier molecular flexibility index (Phi) is 9.10. The van der Waals surface area contributed by atoms with Crippen molar-refractivity contribution in [2.45, 2.75) is 44.5 Å². The van der Waals surface area contributed by atoms with E-state index in [1.54, 1.807) is 50.2 Å². The highest BCUT2D eigenvalue weighted by Gasteiger charge is 2.31. The van der Waals surface area contributed by atoms with Gasteiger partial charge >= 0.3 is 11.5 Å². The van der Waals surface area contributed by atoms with Crippen LogP contribution in [0.3, 0.4) is 0 Å². The van der Waals surface area contributed by atoms with Gasteiger partial charge in [-0.1, -0.05) is 12.1 Å². The third-order valence-electron chi connectivity index (χ3n) is 5.67. The lowest BCUT2D eigenvalue weighted by molar-refractivity contribution is -0.159. The van der Waals surface area contributed by atoms with Crippen LogP contribution >= 0.6 is 11.8 Å². The lowest BCUT2D eigenvalue weighted by Gasteiger charge is -2.26. The number of hydrogen-bond donors (Lipinski definition) is 0. The molecular weight excluding hydrogens is 567 g/mol. The molecule has 10 heteroatoms. The maximum atomic E-state index is 13.5. The van der Waals surface area contributed by atoms with Crippen molar-refractivity contribution in [1.29, 1.82) is 0 Å². The van der Waals surface area contributed by atoms with Crippen LogP contribution in [0.2, 0.25) is 0 Å². The fourth-order valence-corrected chi connectivity index (χ4v) is 6.38. The SMILES string of the molecule is CC(C)(OC(=O)COc1ccc([S+](c2ccc(F)cc2)c2ccc(F)cc2)cc1)c1ccc(SC(F)(F)F)cc1. The largest absolute Gasteiger partial charge is 0.482 e. The van der Waals surface area contributed by atoms with Crippen molar-refractivity contribution < 1.29 is 36.2 Å². The van der Waals surface area contributed by atoms with Crippen LogP contribution in [0.1, 0.15) is 19.4 Å².